The highest BCUT2D eigenvalue weighted by Crippen LogP contribution is 2.36. The molecule has 0 radical (unpaired) electrons. The van der Waals surface area contributed by atoms with Crippen molar-refractivity contribution in [1.82, 2.24) is 4.98 Å². The summed E-state index contributed by atoms with van der Waals surface area (Å²) in [6, 6.07) is 4.23. The standard InChI is InChI=1S/C25H32N2O2/c1-15-12-21(19(25(5,6)7)13-18(15)24(2,3)4)27-23(29)17-14-26-20-11-9-8-10-16(20)22(17)28/h10-14,26H,8-9H2,1-7H3,(H,27,29). The number of hydrogen-bond acceptors (Lipinski definition) is 2. The van der Waals surface area contributed by atoms with Gasteiger partial charge < -0.3 is 10.3 Å². The molecule has 0 spiro atoms. The van der Waals surface area contributed by atoms with E-state index in [0.717, 1.165) is 35.0 Å². The fourth-order valence-electron chi connectivity index (χ4n) is 3.99. The van der Waals surface area contributed by atoms with Crippen LogP contribution in [0.3, 0.4) is 0 Å². The maximum Gasteiger partial charge on any atom is 0.261 e. The van der Waals surface area contributed by atoms with Gasteiger partial charge in [-0.1, -0.05) is 59.8 Å². The Balaban J connectivity index is 2.08. The molecule has 1 heterocycles. The van der Waals surface area contributed by atoms with E-state index in [1.165, 1.54) is 11.8 Å². The fourth-order valence-corrected chi connectivity index (χ4v) is 3.99. The molecule has 1 aliphatic carbocycles. The van der Waals surface area contributed by atoms with Crippen LogP contribution in [-0.4, -0.2) is 10.9 Å². The molecule has 154 valence electrons. The third-order valence-electron chi connectivity index (χ3n) is 5.49. The highest BCUT2D eigenvalue weighted by atomic mass is 16.2. The second-order valence-corrected chi connectivity index (χ2v) is 10.0. The van der Waals surface area contributed by atoms with Crippen molar-refractivity contribution in [2.75, 3.05) is 5.32 Å². The zero-order valence-corrected chi connectivity index (χ0v) is 18.6. The Hall–Kier alpha value is -2.62. The summed E-state index contributed by atoms with van der Waals surface area (Å²) in [4.78, 5) is 29.0. The van der Waals surface area contributed by atoms with E-state index in [9.17, 15) is 9.59 Å². The number of benzene rings is 1. The van der Waals surface area contributed by atoms with E-state index in [4.69, 9.17) is 0 Å². The highest BCUT2D eigenvalue weighted by molar-refractivity contribution is 6.04. The van der Waals surface area contributed by atoms with Gasteiger partial charge in [0.1, 0.15) is 5.56 Å². The molecule has 4 heteroatoms. The molecule has 0 bridgehead atoms. The lowest BCUT2D eigenvalue weighted by Crippen LogP contribution is -2.45. The van der Waals surface area contributed by atoms with E-state index < -0.39 is 0 Å². The van der Waals surface area contributed by atoms with Crippen molar-refractivity contribution < 1.29 is 4.79 Å². The number of nitrogens with one attached hydrogen (secondary N) is 2. The number of H-pyrrole nitrogens is 1. The SMILES string of the molecule is Cc1cc(NC(=O)c2c[nH]c3c(c2=O)=CCCC=3)c(C(C)(C)C)cc1C(C)(C)C. The minimum atomic E-state index is -0.374. The molecule has 0 fully saturated rings. The Labute approximate surface area is 172 Å². The van der Waals surface area contributed by atoms with Gasteiger partial charge in [-0.05, 0) is 53.4 Å². The van der Waals surface area contributed by atoms with Gasteiger partial charge in [-0.3, -0.25) is 9.59 Å². The fraction of sp³-hybridized carbons (Fsp3) is 0.440. The quantitative estimate of drug-likeness (QED) is 0.815. The Kier molecular flexibility index (Phi) is 5.33. The van der Waals surface area contributed by atoms with Crippen molar-refractivity contribution in [3.8, 4) is 0 Å². The van der Waals surface area contributed by atoms with E-state index in [1.807, 2.05) is 18.2 Å². The Morgan fingerprint density at radius 3 is 2.21 bits per heavy atom. The van der Waals surface area contributed by atoms with E-state index in [1.54, 1.807) is 0 Å². The van der Waals surface area contributed by atoms with Gasteiger partial charge in [0.15, 0.2) is 0 Å². The number of amides is 1. The molecule has 0 unspecified atom stereocenters. The van der Waals surface area contributed by atoms with E-state index >= 15 is 0 Å². The summed E-state index contributed by atoms with van der Waals surface area (Å²) in [5.74, 6) is -0.374. The molecule has 2 aromatic rings. The van der Waals surface area contributed by atoms with Crippen LogP contribution < -0.4 is 21.3 Å². The summed E-state index contributed by atoms with van der Waals surface area (Å²) in [5, 5.41) is 4.42. The average molecular weight is 393 g/mol. The molecule has 29 heavy (non-hydrogen) atoms. The second kappa shape index (κ2) is 7.33. The lowest BCUT2D eigenvalue weighted by atomic mass is 9.78. The van der Waals surface area contributed by atoms with E-state index in [-0.39, 0.29) is 27.7 Å². The van der Waals surface area contributed by atoms with Crippen molar-refractivity contribution in [3.63, 3.8) is 0 Å². The predicted molar refractivity (Wildman–Crippen MR) is 121 cm³/mol. The number of carbonyl (C=O) groups is 1. The number of aromatic nitrogens is 1. The van der Waals surface area contributed by atoms with Crippen molar-refractivity contribution in [1.29, 1.82) is 0 Å². The summed E-state index contributed by atoms with van der Waals surface area (Å²) < 4.78 is 0. The molecule has 1 aromatic carbocycles. The van der Waals surface area contributed by atoms with Crippen LogP contribution in [0.5, 0.6) is 0 Å². The lowest BCUT2D eigenvalue weighted by molar-refractivity contribution is 0.102. The molecule has 4 nitrogen and oxygen atoms in total. The second-order valence-electron chi connectivity index (χ2n) is 10.0. The number of rotatable bonds is 2. The molecule has 0 aliphatic heterocycles. The van der Waals surface area contributed by atoms with Crippen LogP contribution in [0.1, 0.15) is 81.4 Å². The Bertz CT molecular complexity index is 1140. The average Bonchev–Trinajstić information content (AvgIpc) is 2.60. The van der Waals surface area contributed by atoms with Gasteiger partial charge in [0.2, 0.25) is 5.43 Å². The molecule has 1 aliphatic rings. The minimum Gasteiger partial charge on any atom is -0.360 e. The van der Waals surface area contributed by atoms with Crippen molar-refractivity contribution in [2.45, 2.75) is 72.1 Å². The van der Waals surface area contributed by atoms with Crippen LogP contribution in [0, 0.1) is 6.92 Å². The van der Waals surface area contributed by atoms with Gasteiger partial charge in [-0.15, -0.1) is 0 Å². The number of fused-ring (bicyclic) bond motifs is 1. The van der Waals surface area contributed by atoms with Crippen molar-refractivity contribution >= 4 is 23.7 Å². The number of carbonyl (C=O) groups excluding carboxylic acids is 1. The van der Waals surface area contributed by atoms with Crippen LogP contribution in [-0.2, 0) is 10.8 Å². The number of hydrogen-bond donors (Lipinski definition) is 2. The summed E-state index contributed by atoms with van der Waals surface area (Å²) in [5.41, 5.74) is 4.01. The first-order valence-corrected chi connectivity index (χ1v) is 10.3. The van der Waals surface area contributed by atoms with Gasteiger partial charge in [-0.2, -0.15) is 0 Å². The molecule has 1 aromatic heterocycles. The van der Waals surface area contributed by atoms with Gasteiger partial charge in [-0.25, -0.2) is 0 Å². The molecule has 0 atom stereocenters. The molecule has 2 N–H and O–H groups in total. The Morgan fingerprint density at radius 1 is 0.966 bits per heavy atom. The molecule has 0 saturated heterocycles. The highest BCUT2D eigenvalue weighted by Gasteiger charge is 2.25. The zero-order valence-electron chi connectivity index (χ0n) is 18.6. The third-order valence-corrected chi connectivity index (χ3v) is 5.49. The first kappa shape index (κ1) is 21.1. The molecular formula is C25H32N2O2. The monoisotopic (exact) mass is 392 g/mol. The van der Waals surface area contributed by atoms with Gasteiger partial charge in [0, 0.05) is 22.5 Å². The van der Waals surface area contributed by atoms with Crippen molar-refractivity contribution in [3.05, 3.63) is 61.4 Å². The third kappa shape index (κ3) is 4.21. The van der Waals surface area contributed by atoms with Crippen LogP contribution in [0.2, 0.25) is 0 Å². The number of anilines is 1. The summed E-state index contributed by atoms with van der Waals surface area (Å²) >= 11 is 0. The number of aryl methyl sites for hydroxylation is 1. The molecule has 1 amide bonds. The van der Waals surface area contributed by atoms with Gasteiger partial charge in [0.05, 0.1) is 0 Å². The van der Waals surface area contributed by atoms with Crippen LogP contribution >= 0.6 is 0 Å². The first-order valence-electron chi connectivity index (χ1n) is 10.3. The van der Waals surface area contributed by atoms with Crippen LogP contribution in [0.4, 0.5) is 5.69 Å². The minimum absolute atomic E-state index is 0.00853. The molecule has 3 rings (SSSR count). The summed E-state index contributed by atoms with van der Waals surface area (Å²) in [7, 11) is 0. The zero-order chi connectivity index (χ0) is 21.6. The number of pyridine rings is 1. The predicted octanol–water partition coefficient (Wildman–Crippen LogP) is 3.89. The Morgan fingerprint density at radius 2 is 1.59 bits per heavy atom. The topological polar surface area (TPSA) is 62.0 Å². The largest absolute Gasteiger partial charge is 0.360 e. The van der Waals surface area contributed by atoms with Gasteiger partial charge >= 0.3 is 0 Å². The number of aromatic amines is 1. The van der Waals surface area contributed by atoms with Crippen LogP contribution in [0.15, 0.2) is 23.1 Å². The molecular weight excluding hydrogens is 360 g/mol. The lowest BCUT2D eigenvalue weighted by Gasteiger charge is -2.29. The van der Waals surface area contributed by atoms with Crippen molar-refractivity contribution in [2.24, 2.45) is 0 Å². The maximum absolute atomic E-state index is 13.0. The summed E-state index contributed by atoms with van der Waals surface area (Å²) in [6.07, 6.45) is 7.17. The smallest absolute Gasteiger partial charge is 0.261 e. The maximum atomic E-state index is 13.0. The van der Waals surface area contributed by atoms with Gasteiger partial charge in [0.25, 0.3) is 5.91 Å². The normalized spacial score (nSPS) is 13.9. The first-order chi connectivity index (χ1) is 13.4. The van der Waals surface area contributed by atoms with Crippen LogP contribution in [0.25, 0.3) is 12.2 Å². The summed E-state index contributed by atoms with van der Waals surface area (Å²) in [6.45, 7) is 15.1. The molecule has 0 saturated carbocycles. The van der Waals surface area contributed by atoms with E-state index in [0.29, 0.717) is 5.22 Å². The van der Waals surface area contributed by atoms with E-state index in [2.05, 4.69) is 64.8 Å².